The number of halogens is 3. The van der Waals surface area contributed by atoms with E-state index in [1.165, 1.54) is 0 Å². The molecule has 2 aromatic rings. The second kappa shape index (κ2) is 10.0. The van der Waals surface area contributed by atoms with Crippen LogP contribution >= 0.6 is 23.2 Å². The van der Waals surface area contributed by atoms with Gasteiger partial charge in [0.05, 0.1) is 12.3 Å². The summed E-state index contributed by atoms with van der Waals surface area (Å²) in [7, 11) is 3.79. The van der Waals surface area contributed by atoms with Gasteiger partial charge in [0.1, 0.15) is 7.05 Å². The highest BCUT2D eigenvalue weighted by molar-refractivity contribution is 6.31. The van der Waals surface area contributed by atoms with Crippen molar-refractivity contribution in [3.8, 4) is 0 Å². The molecular weight excluding hydrogens is 574 g/mol. The highest BCUT2D eigenvalue weighted by atomic mass is 127. The van der Waals surface area contributed by atoms with E-state index >= 15 is 0 Å². The Morgan fingerprint density at radius 1 is 0.853 bits per heavy atom. The van der Waals surface area contributed by atoms with Crippen molar-refractivity contribution >= 4 is 40.3 Å². The van der Waals surface area contributed by atoms with Crippen LogP contribution < -0.4 is 28.9 Å². The molecule has 2 heterocycles. The van der Waals surface area contributed by atoms with E-state index in [1.807, 2.05) is 87.7 Å². The van der Waals surface area contributed by atoms with Crippen LogP contribution in [0.15, 0.2) is 84.5 Å². The van der Waals surface area contributed by atoms with Gasteiger partial charge in [0.25, 0.3) is 0 Å². The van der Waals surface area contributed by atoms with Crippen molar-refractivity contribution in [1.29, 1.82) is 0 Å². The van der Waals surface area contributed by atoms with Crippen molar-refractivity contribution in [1.82, 2.24) is 0 Å². The highest BCUT2D eigenvalue weighted by Crippen LogP contribution is 2.47. The molecule has 2 nitrogen and oxygen atoms in total. The maximum absolute atomic E-state index is 8.57. The van der Waals surface area contributed by atoms with E-state index in [0.29, 0.717) is 10.0 Å². The number of benzene rings is 2. The molecule has 0 spiro atoms. The maximum Gasteiger partial charge on any atom is 0.209 e. The van der Waals surface area contributed by atoms with Gasteiger partial charge in [-0.1, -0.05) is 67.3 Å². The van der Waals surface area contributed by atoms with Crippen LogP contribution in [0.1, 0.15) is 45.7 Å². The van der Waals surface area contributed by atoms with Gasteiger partial charge in [-0.2, -0.15) is 4.58 Å². The molecule has 4 rings (SSSR count). The van der Waals surface area contributed by atoms with Gasteiger partial charge < -0.3 is 28.9 Å². The van der Waals surface area contributed by atoms with Crippen molar-refractivity contribution in [2.75, 3.05) is 19.0 Å². The van der Waals surface area contributed by atoms with Gasteiger partial charge in [-0.25, -0.2) is 0 Å². The van der Waals surface area contributed by atoms with Crippen LogP contribution in [0.5, 0.6) is 0 Å². The van der Waals surface area contributed by atoms with Gasteiger partial charge in [-0.3, -0.25) is 0 Å². The summed E-state index contributed by atoms with van der Waals surface area (Å²) in [5, 5.41) is 1.25. The van der Waals surface area contributed by atoms with E-state index in [4.69, 9.17) is 30.1 Å². The lowest BCUT2D eigenvalue weighted by Gasteiger charge is -2.23. The molecule has 2 aliphatic heterocycles. The zero-order chi connectivity index (χ0) is 28.3. The molecule has 34 heavy (non-hydrogen) atoms. The molecule has 0 aliphatic carbocycles. The summed E-state index contributed by atoms with van der Waals surface area (Å²) in [4.78, 5) is 1.96. The normalized spacial score (nSPS) is 23.1. The minimum atomic E-state index is -0.480. The SMILES string of the molecule is [2H]C(=CC1=[N+](C)c2ccc(Cl)cc2C1(C)C)C([2H])=C([2H])C([2H])=C([2H])C=C1N(C)c2ccc(Cl)cc2C1(C)C.[I-]. The van der Waals surface area contributed by atoms with Crippen molar-refractivity contribution in [2.45, 2.75) is 38.5 Å². The first kappa shape index (κ1) is 20.4. The van der Waals surface area contributed by atoms with Gasteiger partial charge in [-0.05, 0) is 55.8 Å². The quantitative estimate of drug-likeness (QED) is 0.269. The number of nitrogens with zero attached hydrogens (tertiary/aromatic N) is 2. The molecule has 2 aliphatic rings. The van der Waals surface area contributed by atoms with Crippen LogP contribution in [0.4, 0.5) is 11.4 Å². The molecule has 0 saturated carbocycles. The third-order valence-corrected chi connectivity index (χ3v) is 7.15. The van der Waals surface area contributed by atoms with Crippen LogP contribution in [0, 0.1) is 0 Å². The minimum absolute atomic E-state index is 0. The lowest BCUT2D eigenvalue weighted by molar-refractivity contribution is -0.401. The molecule has 0 fully saturated rings. The first-order chi connectivity index (χ1) is 17.6. The van der Waals surface area contributed by atoms with Gasteiger partial charge in [0.15, 0.2) is 5.71 Å². The molecule has 0 unspecified atom stereocenters. The lowest BCUT2D eigenvalue weighted by atomic mass is 9.81. The number of fused-ring (bicyclic) bond motifs is 2. The zero-order valence-electron chi connectivity index (χ0n) is 25.1. The molecule has 0 bridgehead atoms. The van der Waals surface area contributed by atoms with Gasteiger partial charge in [0.2, 0.25) is 5.69 Å². The predicted octanol–water partition coefficient (Wildman–Crippen LogP) is 4.98. The van der Waals surface area contributed by atoms with E-state index in [-0.39, 0.29) is 36.1 Å². The molecule has 0 aromatic heterocycles. The Bertz CT molecular complexity index is 1520. The van der Waals surface area contributed by atoms with Crippen LogP contribution in [0.2, 0.25) is 10.0 Å². The Morgan fingerprint density at radius 2 is 1.44 bits per heavy atom. The summed E-state index contributed by atoms with van der Waals surface area (Å²) >= 11 is 12.5. The number of allylic oxidation sites excluding steroid dienone is 8. The summed E-state index contributed by atoms with van der Waals surface area (Å²) in [5.74, 6) is 0. The molecule has 0 atom stereocenters. The Kier molecular flexibility index (Phi) is 6.02. The molecule has 0 saturated heterocycles. The Morgan fingerprint density at radius 3 is 2.15 bits per heavy atom. The second-order valence-electron chi connectivity index (χ2n) is 9.41. The van der Waals surface area contributed by atoms with Gasteiger partial charge in [0, 0.05) is 51.6 Å². The third-order valence-electron chi connectivity index (χ3n) is 6.68. The van der Waals surface area contributed by atoms with Crippen LogP contribution in [-0.4, -0.2) is 24.4 Å². The fourth-order valence-electron chi connectivity index (χ4n) is 4.84. The summed E-state index contributed by atoms with van der Waals surface area (Å²) in [6, 6.07) is 9.58. The second-order valence-corrected chi connectivity index (χ2v) is 10.3. The number of anilines is 1. The topological polar surface area (TPSA) is 6.25 Å². The molecular formula is C29H31Cl2IN2. The Labute approximate surface area is 238 Å². The van der Waals surface area contributed by atoms with E-state index in [1.54, 1.807) is 12.2 Å². The van der Waals surface area contributed by atoms with Crippen molar-refractivity contribution < 1.29 is 35.4 Å². The van der Waals surface area contributed by atoms with E-state index < -0.39 is 29.0 Å². The average molecular weight is 610 g/mol. The number of hydrogen-bond donors (Lipinski definition) is 0. The molecule has 178 valence electrons. The number of hydrogen-bond acceptors (Lipinski definition) is 1. The molecule has 0 radical (unpaired) electrons. The zero-order valence-corrected chi connectivity index (χ0v) is 23.8. The first-order valence-electron chi connectivity index (χ1n) is 13.3. The highest BCUT2D eigenvalue weighted by Gasteiger charge is 2.43. The lowest BCUT2D eigenvalue weighted by Crippen LogP contribution is -3.00. The molecule has 0 amide bonds. The first-order valence-corrected chi connectivity index (χ1v) is 11.6. The fourth-order valence-corrected chi connectivity index (χ4v) is 5.19. The standard InChI is InChI=1S/C29H31Cl2N2.HI/c1-28(2)22-18-20(30)14-16-24(22)32(5)26(28)12-10-8-7-9-11-13-27-29(3,4)23-19-21(31)15-17-25(23)33(27)6;/h7-19H,1-6H3;1H/q+1;/p-1/i7D,8D,9D,10D,11D;. The smallest absolute Gasteiger partial charge is 0.209 e. The number of rotatable bonds is 4. The molecule has 0 N–H and O–H groups in total. The fraction of sp³-hybridized carbons (Fsp3) is 0.276. The van der Waals surface area contributed by atoms with E-state index in [2.05, 4.69) is 0 Å². The van der Waals surface area contributed by atoms with Crippen molar-refractivity contribution in [3.63, 3.8) is 0 Å². The Hall–Kier alpha value is -1.82. The average Bonchev–Trinajstić information content (AvgIpc) is 3.16. The predicted molar refractivity (Wildman–Crippen MR) is 144 cm³/mol. The van der Waals surface area contributed by atoms with Crippen LogP contribution in [0.25, 0.3) is 0 Å². The third kappa shape index (κ3) is 4.67. The van der Waals surface area contributed by atoms with Crippen molar-refractivity contribution in [2.24, 2.45) is 0 Å². The monoisotopic (exact) mass is 609 g/mol. The summed E-state index contributed by atoms with van der Waals surface area (Å²) in [6.07, 6.45) is 3.13. The Balaban J connectivity index is 0.00000420. The van der Waals surface area contributed by atoms with Crippen molar-refractivity contribution in [3.05, 3.63) is 106 Å². The van der Waals surface area contributed by atoms with Gasteiger partial charge in [-0.15, -0.1) is 0 Å². The molecule has 2 aromatic carbocycles. The molecule has 5 heteroatoms. The maximum atomic E-state index is 8.57. The van der Waals surface area contributed by atoms with Crippen LogP contribution in [0.3, 0.4) is 0 Å². The van der Waals surface area contributed by atoms with E-state index in [9.17, 15) is 0 Å². The summed E-state index contributed by atoms with van der Waals surface area (Å²) in [6.45, 7) is 8.09. The van der Waals surface area contributed by atoms with E-state index in [0.717, 1.165) is 33.9 Å². The van der Waals surface area contributed by atoms with Gasteiger partial charge >= 0.3 is 0 Å². The largest absolute Gasteiger partial charge is 1.00 e. The minimum Gasteiger partial charge on any atom is -1.00 e. The summed E-state index contributed by atoms with van der Waals surface area (Å²) in [5.41, 5.74) is 4.59. The van der Waals surface area contributed by atoms with Crippen LogP contribution in [-0.2, 0) is 10.8 Å². The number of likely N-dealkylation sites (N-methyl/N-ethyl adjacent to an activating group) is 1. The summed E-state index contributed by atoms with van der Waals surface area (Å²) < 4.78 is 44.6.